The zero-order chi connectivity index (χ0) is 12.1. The first-order valence-electron chi connectivity index (χ1n) is 6.15. The van der Waals surface area contributed by atoms with E-state index in [4.69, 9.17) is 5.11 Å². The molecule has 1 atom stereocenters. The maximum absolute atomic E-state index is 8.67. The Balaban J connectivity index is 1.89. The fraction of sp³-hybridized carbons (Fsp3) is 0.667. The molecule has 1 aliphatic rings. The van der Waals surface area contributed by atoms with Crippen LogP contribution in [-0.4, -0.2) is 53.3 Å². The number of anilines is 1. The van der Waals surface area contributed by atoms with Crippen molar-refractivity contribution in [3.8, 4) is 0 Å². The molecule has 0 spiro atoms. The predicted octanol–water partition coefficient (Wildman–Crippen LogP) is 0.690. The van der Waals surface area contributed by atoms with Gasteiger partial charge in [-0.25, -0.2) is 9.97 Å². The first kappa shape index (κ1) is 12.3. The van der Waals surface area contributed by atoms with Crippen LogP contribution in [0.2, 0.25) is 0 Å². The van der Waals surface area contributed by atoms with Gasteiger partial charge in [-0.05, 0) is 32.0 Å². The fourth-order valence-corrected chi connectivity index (χ4v) is 2.13. The summed E-state index contributed by atoms with van der Waals surface area (Å²) in [5, 5.41) is 11.8. The molecule has 1 aromatic rings. The number of hydrogen-bond donors (Lipinski definition) is 2. The number of aliphatic hydroxyl groups is 1. The van der Waals surface area contributed by atoms with Crippen LogP contribution in [0.15, 0.2) is 12.4 Å². The van der Waals surface area contributed by atoms with E-state index < -0.39 is 0 Å². The summed E-state index contributed by atoms with van der Waals surface area (Å²) in [6.07, 6.45) is 5.74. The molecule has 1 saturated heterocycles. The molecule has 1 aromatic heterocycles. The lowest BCUT2D eigenvalue weighted by Gasteiger charge is -2.10. The average molecular weight is 236 g/mol. The van der Waals surface area contributed by atoms with Gasteiger partial charge >= 0.3 is 0 Å². The van der Waals surface area contributed by atoms with E-state index in [9.17, 15) is 0 Å². The van der Waals surface area contributed by atoms with E-state index in [1.807, 2.05) is 12.4 Å². The third kappa shape index (κ3) is 3.38. The number of likely N-dealkylation sites (N-methyl/N-ethyl adjacent to an activating group) is 1. The minimum atomic E-state index is 0.194. The number of rotatable bonds is 5. The highest BCUT2D eigenvalue weighted by atomic mass is 16.3. The molecule has 1 unspecified atom stereocenters. The summed E-state index contributed by atoms with van der Waals surface area (Å²) >= 11 is 0. The number of likely N-dealkylation sites (tertiary alicyclic amines) is 1. The van der Waals surface area contributed by atoms with Crippen molar-refractivity contribution in [2.45, 2.75) is 18.8 Å². The largest absolute Gasteiger partial charge is 0.396 e. The molecule has 2 rings (SSSR count). The maximum atomic E-state index is 8.67. The van der Waals surface area contributed by atoms with Crippen molar-refractivity contribution >= 4 is 5.95 Å². The van der Waals surface area contributed by atoms with Gasteiger partial charge in [0.05, 0.1) is 0 Å². The lowest BCUT2D eigenvalue weighted by atomic mass is 10.0. The van der Waals surface area contributed by atoms with Gasteiger partial charge in [-0.2, -0.15) is 0 Å². The second kappa shape index (κ2) is 5.93. The number of nitrogens with one attached hydrogen (secondary N) is 1. The lowest BCUT2D eigenvalue weighted by Crippen LogP contribution is -2.13. The van der Waals surface area contributed by atoms with Crippen LogP contribution in [0.25, 0.3) is 0 Å². The van der Waals surface area contributed by atoms with Crippen molar-refractivity contribution in [1.29, 1.82) is 0 Å². The van der Waals surface area contributed by atoms with Crippen molar-refractivity contribution in [2.75, 3.05) is 38.6 Å². The molecule has 0 radical (unpaired) electrons. The second-order valence-electron chi connectivity index (χ2n) is 4.59. The van der Waals surface area contributed by atoms with Crippen molar-refractivity contribution in [2.24, 2.45) is 0 Å². The second-order valence-corrected chi connectivity index (χ2v) is 4.59. The molecule has 5 heteroatoms. The highest BCUT2D eigenvalue weighted by molar-refractivity contribution is 5.26. The first-order chi connectivity index (χ1) is 8.29. The summed E-state index contributed by atoms with van der Waals surface area (Å²) in [5.41, 5.74) is 1.22. The van der Waals surface area contributed by atoms with Crippen LogP contribution in [0.1, 0.15) is 24.3 Å². The Morgan fingerprint density at radius 2 is 2.24 bits per heavy atom. The van der Waals surface area contributed by atoms with E-state index in [1.54, 1.807) is 0 Å². The van der Waals surface area contributed by atoms with Gasteiger partial charge in [0.25, 0.3) is 0 Å². The van der Waals surface area contributed by atoms with Crippen LogP contribution in [0, 0.1) is 0 Å². The van der Waals surface area contributed by atoms with E-state index in [-0.39, 0.29) is 6.61 Å². The van der Waals surface area contributed by atoms with E-state index in [0.29, 0.717) is 18.4 Å². The van der Waals surface area contributed by atoms with Gasteiger partial charge in [0.2, 0.25) is 5.95 Å². The first-order valence-corrected chi connectivity index (χ1v) is 6.15. The molecule has 1 aliphatic heterocycles. The molecule has 1 fully saturated rings. The van der Waals surface area contributed by atoms with E-state index in [2.05, 4.69) is 27.2 Å². The van der Waals surface area contributed by atoms with Crippen molar-refractivity contribution < 1.29 is 5.11 Å². The van der Waals surface area contributed by atoms with Gasteiger partial charge in [-0.1, -0.05) is 0 Å². The average Bonchev–Trinajstić information content (AvgIpc) is 2.77. The zero-order valence-corrected chi connectivity index (χ0v) is 10.3. The quantitative estimate of drug-likeness (QED) is 0.737. The molecule has 2 heterocycles. The molecule has 94 valence electrons. The predicted molar refractivity (Wildman–Crippen MR) is 67.1 cm³/mol. The molecule has 5 nitrogen and oxygen atoms in total. The normalized spacial score (nSPS) is 20.7. The fourth-order valence-electron chi connectivity index (χ4n) is 2.13. The molecular formula is C12H20N4O. The Bertz CT molecular complexity index is 341. The Morgan fingerprint density at radius 3 is 2.82 bits per heavy atom. The minimum Gasteiger partial charge on any atom is -0.396 e. The van der Waals surface area contributed by atoms with Crippen LogP contribution in [0.5, 0.6) is 0 Å². The van der Waals surface area contributed by atoms with E-state index in [1.165, 1.54) is 12.0 Å². The number of hydrogen-bond acceptors (Lipinski definition) is 5. The van der Waals surface area contributed by atoms with Gasteiger partial charge in [0.1, 0.15) is 0 Å². The zero-order valence-electron chi connectivity index (χ0n) is 10.3. The minimum absolute atomic E-state index is 0.194. The number of nitrogens with zero attached hydrogens (tertiary/aromatic N) is 3. The Hall–Kier alpha value is -1.20. The van der Waals surface area contributed by atoms with E-state index in [0.717, 1.165) is 19.5 Å². The van der Waals surface area contributed by atoms with Crippen molar-refractivity contribution in [1.82, 2.24) is 14.9 Å². The molecule has 0 bridgehead atoms. The number of aliphatic hydroxyl groups excluding tert-OH is 1. The summed E-state index contributed by atoms with van der Waals surface area (Å²) in [4.78, 5) is 10.9. The highest BCUT2D eigenvalue weighted by Gasteiger charge is 2.21. The third-order valence-electron chi connectivity index (χ3n) is 3.15. The third-order valence-corrected chi connectivity index (χ3v) is 3.15. The van der Waals surface area contributed by atoms with Crippen LogP contribution in [-0.2, 0) is 0 Å². The van der Waals surface area contributed by atoms with Crippen LogP contribution >= 0.6 is 0 Å². The molecular weight excluding hydrogens is 216 g/mol. The van der Waals surface area contributed by atoms with Crippen LogP contribution in [0.4, 0.5) is 5.95 Å². The summed E-state index contributed by atoms with van der Waals surface area (Å²) in [5.74, 6) is 1.22. The summed E-state index contributed by atoms with van der Waals surface area (Å²) in [7, 11) is 2.14. The van der Waals surface area contributed by atoms with Gasteiger partial charge in [-0.3, -0.25) is 0 Å². The van der Waals surface area contributed by atoms with E-state index >= 15 is 0 Å². The molecule has 2 N–H and O–H groups in total. The molecule has 0 aliphatic carbocycles. The van der Waals surface area contributed by atoms with Gasteiger partial charge in [-0.15, -0.1) is 0 Å². The summed E-state index contributed by atoms with van der Waals surface area (Å²) < 4.78 is 0. The molecule has 0 amide bonds. The van der Waals surface area contributed by atoms with Crippen LogP contribution < -0.4 is 5.32 Å². The monoisotopic (exact) mass is 236 g/mol. The topological polar surface area (TPSA) is 61.3 Å². The summed E-state index contributed by atoms with van der Waals surface area (Å²) in [6, 6.07) is 0. The standard InChI is InChI=1S/C12H20N4O/c1-16-5-3-10(9-16)11-7-14-12(15-8-11)13-4-2-6-17/h7-8,10,17H,2-6,9H2,1H3,(H,13,14,15). The van der Waals surface area contributed by atoms with Gasteiger partial charge in [0.15, 0.2) is 0 Å². The Labute approximate surface area is 102 Å². The maximum Gasteiger partial charge on any atom is 0.222 e. The van der Waals surface area contributed by atoms with Crippen LogP contribution in [0.3, 0.4) is 0 Å². The van der Waals surface area contributed by atoms with Crippen molar-refractivity contribution in [3.63, 3.8) is 0 Å². The molecule has 17 heavy (non-hydrogen) atoms. The Morgan fingerprint density at radius 1 is 1.47 bits per heavy atom. The van der Waals surface area contributed by atoms with Gasteiger partial charge < -0.3 is 15.3 Å². The summed E-state index contributed by atoms with van der Waals surface area (Å²) in [6.45, 7) is 3.16. The Kier molecular flexibility index (Phi) is 4.28. The van der Waals surface area contributed by atoms with Crippen molar-refractivity contribution in [3.05, 3.63) is 18.0 Å². The smallest absolute Gasteiger partial charge is 0.222 e. The van der Waals surface area contributed by atoms with Gasteiger partial charge in [0, 0.05) is 38.0 Å². The SMILES string of the molecule is CN1CCC(c2cnc(NCCCO)nc2)C1. The highest BCUT2D eigenvalue weighted by Crippen LogP contribution is 2.25. The molecule has 0 saturated carbocycles. The lowest BCUT2D eigenvalue weighted by molar-refractivity contribution is 0.292. The number of aromatic nitrogens is 2. The molecule has 0 aromatic carbocycles.